The van der Waals surface area contributed by atoms with E-state index in [4.69, 9.17) is 33.4 Å². The molecule has 16 heavy (non-hydrogen) atoms. The molecule has 0 saturated carbocycles. The van der Waals surface area contributed by atoms with Crippen molar-refractivity contribution in [3.63, 3.8) is 0 Å². The van der Waals surface area contributed by atoms with Gasteiger partial charge in [-0.3, -0.25) is 0 Å². The average molecular weight is 277 g/mol. The number of rotatable bonds is 0. The van der Waals surface area contributed by atoms with Crippen LogP contribution < -0.4 is 0 Å². The maximum atomic E-state index is 8.06. The van der Waals surface area contributed by atoms with Gasteiger partial charge in [-0.1, -0.05) is 0 Å². The standard InChI is InChI=1S/2C3H7Cl.2C3H8O/c4*1-3(2)4/h2*3H,1-2H3;2*3-4H,1-2H3. The Hall–Kier alpha value is 0.500. The van der Waals surface area contributed by atoms with Crippen LogP contribution in [0.25, 0.3) is 0 Å². The third-order valence-corrected chi connectivity index (χ3v) is 0. The fourth-order valence-corrected chi connectivity index (χ4v) is 0. The van der Waals surface area contributed by atoms with E-state index in [0.717, 1.165) is 0 Å². The zero-order valence-electron chi connectivity index (χ0n) is 12.0. The highest BCUT2D eigenvalue weighted by Gasteiger charge is 1.72. The number of hydrogen-bond donors (Lipinski definition) is 2. The second-order valence-electron chi connectivity index (χ2n) is 4.22. The van der Waals surface area contributed by atoms with E-state index in [0.29, 0.717) is 10.8 Å². The van der Waals surface area contributed by atoms with E-state index in [1.54, 1.807) is 27.7 Å². The Balaban J connectivity index is -0.0000000600. The number of aliphatic hydroxyl groups is 2. The van der Waals surface area contributed by atoms with Gasteiger partial charge in [-0.05, 0) is 55.4 Å². The second-order valence-corrected chi connectivity index (χ2v) is 5.96. The summed E-state index contributed by atoms with van der Waals surface area (Å²) >= 11 is 10.5. The average Bonchev–Trinajstić information content (AvgIpc) is 1.76. The predicted molar refractivity (Wildman–Crippen MR) is 76.7 cm³/mol. The highest BCUT2D eigenvalue weighted by Crippen LogP contribution is 1.85. The molecule has 0 aliphatic carbocycles. The van der Waals surface area contributed by atoms with Crippen LogP contribution in [0, 0.1) is 0 Å². The molecule has 2 nitrogen and oxygen atoms in total. The number of aliphatic hydroxyl groups excluding tert-OH is 2. The molecule has 0 fully saturated rings. The molecule has 4 heteroatoms. The summed E-state index contributed by atoms with van der Waals surface area (Å²) < 4.78 is 0. The molecule has 0 rings (SSSR count). The molecule has 0 aromatic carbocycles. The van der Waals surface area contributed by atoms with Crippen molar-refractivity contribution in [2.45, 2.75) is 78.4 Å². The van der Waals surface area contributed by atoms with Crippen LogP contribution in [0.2, 0.25) is 0 Å². The van der Waals surface area contributed by atoms with Crippen LogP contribution >= 0.6 is 23.2 Å². The fraction of sp³-hybridized carbons (Fsp3) is 1.00. The zero-order valence-corrected chi connectivity index (χ0v) is 13.5. The molecule has 0 aliphatic heterocycles. The summed E-state index contributed by atoms with van der Waals surface area (Å²) in [4.78, 5) is 0. The second kappa shape index (κ2) is 20.9. The van der Waals surface area contributed by atoms with Crippen molar-refractivity contribution in [1.82, 2.24) is 0 Å². The first-order chi connectivity index (χ1) is 6.93. The monoisotopic (exact) mass is 276 g/mol. The van der Waals surface area contributed by atoms with Gasteiger partial charge < -0.3 is 10.2 Å². The van der Waals surface area contributed by atoms with E-state index in [1.165, 1.54) is 0 Å². The van der Waals surface area contributed by atoms with Gasteiger partial charge in [0, 0.05) is 23.0 Å². The lowest BCUT2D eigenvalue weighted by atomic mass is 10.5. The van der Waals surface area contributed by atoms with Crippen LogP contribution in [0.15, 0.2) is 0 Å². The first-order valence-corrected chi connectivity index (χ1v) is 6.44. The molecule has 0 aromatic rings. The van der Waals surface area contributed by atoms with Crippen LogP contribution in [0.1, 0.15) is 55.4 Å². The van der Waals surface area contributed by atoms with Crippen LogP contribution in [0.4, 0.5) is 0 Å². The van der Waals surface area contributed by atoms with E-state index in [-0.39, 0.29) is 12.2 Å². The zero-order chi connectivity index (χ0) is 14.3. The van der Waals surface area contributed by atoms with Crippen molar-refractivity contribution in [2.24, 2.45) is 0 Å². The van der Waals surface area contributed by atoms with Gasteiger partial charge in [-0.2, -0.15) is 0 Å². The first-order valence-electron chi connectivity index (χ1n) is 5.57. The van der Waals surface area contributed by atoms with E-state index in [1.807, 2.05) is 27.7 Å². The minimum absolute atomic E-state index is 0.167. The Morgan fingerprint density at radius 3 is 0.562 bits per heavy atom. The summed E-state index contributed by atoms with van der Waals surface area (Å²) in [5.41, 5.74) is 0. The van der Waals surface area contributed by atoms with Crippen LogP contribution in [0.3, 0.4) is 0 Å². The molecule has 0 spiro atoms. The molecule has 104 valence electrons. The molecule has 0 aromatic heterocycles. The third kappa shape index (κ3) is 10600. The van der Waals surface area contributed by atoms with Crippen molar-refractivity contribution in [2.75, 3.05) is 0 Å². The number of hydrogen-bond acceptors (Lipinski definition) is 2. The lowest BCUT2D eigenvalue weighted by molar-refractivity contribution is 0.215. The molecule has 0 heterocycles. The van der Waals surface area contributed by atoms with E-state index >= 15 is 0 Å². The van der Waals surface area contributed by atoms with Gasteiger partial charge >= 0.3 is 0 Å². The van der Waals surface area contributed by atoms with Gasteiger partial charge in [0.1, 0.15) is 0 Å². The maximum Gasteiger partial charge on any atom is 0.0483 e. The molecule has 0 saturated heterocycles. The Bertz CT molecular complexity index is 60.0. The maximum absolute atomic E-state index is 8.06. The van der Waals surface area contributed by atoms with E-state index < -0.39 is 0 Å². The van der Waals surface area contributed by atoms with Crippen LogP contribution in [-0.4, -0.2) is 33.2 Å². The van der Waals surface area contributed by atoms with Crippen molar-refractivity contribution >= 4 is 23.2 Å². The fourth-order valence-electron chi connectivity index (χ4n) is 0. The molecular weight excluding hydrogens is 247 g/mol. The molecule has 0 amide bonds. The Morgan fingerprint density at radius 1 is 0.562 bits per heavy atom. The molecule has 0 aliphatic rings. The summed E-state index contributed by atoms with van der Waals surface area (Å²) in [5, 5.41) is 16.7. The topological polar surface area (TPSA) is 40.5 Å². The van der Waals surface area contributed by atoms with Crippen LogP contribution in [0.5, 0.6) is 0 Å². The minimum Gasteiger partial charge on any atom is -0.394 e. The van der Waals surface area contributed by atoms with Crippen LogP contribution in [-0.2, 0) is 0 Å². The van der Waals surface area contributed by atoms with Gasteiger partial charge in [-0.25, -0.2) is 0 Å². The SMILES string of the molecule is CC(C)Cl.CC(C)Cl.CC(C)O.CC(C)O. The largest absolute Gasteiger partial charge is 0.394 e. The summed E-state index contributed by atoms with van der Waals surface area (Å²) in [5.74, 6) is 0. The molecule has 2 N–H and O–H groups in total. The Labute approximate surface area is 112 Å². The smallest absolute Gasteiger partial charge is 0.0483 e. The highest BCUT2D eigenvalue weighted by atomic mass is 35.5. The summed E-state index contributed by atoms with van der Waals surface area (Å²) in [7, 11) is 0. The third-order valence-electron chi connectivity index (χ3n) is 0. The summed E-state index contributed by atoms with van der Waals surface area (Å²) in [6.07, 6.45) is -0.333. The normalized spacial score (nSPS) is 9.00. The summed E-state index contributed by atoms with van der Waals surface area (Å²) in [6.45, 7) is 14.6. The predicted octanol–water partition coefficient (Wildman–Crippen LogP) is 4.04. The van der Waals surface area contributed by atoms with Crippen molar-refractivity contribution in [3.8, 4) is 0 Å². The van der Waals surface area contributed by atoms with Gasteiger partial charge in [0.15, 0.2) is 0 Å². The van der Waals surface area contributed by atoms with E-state index in [9.17, 15) is 0 Å². The highest BCUT2D eigenvalue weighted by molar-refractivity contribution is 6.20. The molecule has 0 bridgehead atoms. The lowest BCUT2D eigenvalue weighted by Gasteiger charge is -1.80. The Kier molecular flexibility index (Phi) is 33.1. The lowest BCUT2D eigenvalue weighted by Crippen LogP contribution is -1.85. The van der Waals surface area contributed by atoms with Gasteiger partial charge in [-0.15, -0.1) is 23.2 Å². The molecular formula is C12H30Cl2O2. The van der Waals surface area contributed by atoms with Crippen molar-refractivity contribution < 1.29 is 10.2 Å². The molecule has 0 unspecified atom stereocenters. The van der Waals surface area contributed by atoms with Crippen molar-refractivity contribution in [1.29, 1.82) is 0 Å². The van der Waals surface area contributed by atoms with Gasteiger partial charge in [0.2, 0.25) is 0 Å². The summed E-state index contributed by atoms with van der Waals surface area (Å²) in [6, 6.07) is 0. The van der Waals surface area contributed by atoms with Crippen molar-refractivity contribution in [3.05, 3.63) is 0 Å². The first kappa shape index (κ1) is 25.4. The van der Waals surface area contributed by atoms with Gasteiger partial charge in [0.25, 0.3) is 0 Å². The quantitative estimate of drug-likeness (QED) is 0.656. The molecule has 0 radical (unpaired) electrons. The number of halogens is 2. The number of alkyl halides is 2. The Morgan fingerprint density at radius 2 is 0.562 bits per heavy atom. The molecule has 0 atom stereocenters. The minimum atomic E-state index is -0.167. The van der Waals surface area contributed by atoms with Gasteiger partial charge in [0.05, 0.1) is 0 Å². The van der Waals surface area contributed by atoms with E-state index in [2.05, 4.69) is 0 Å².